The highest BCUT2D eigenvalue weighted by Crippen LogP contribution is 2.18. The van der Waals surface area contributed by atoms with Crippen LogP contribution in [0.25, 0.3) is 5.82 Å². The van der Waals surface area contributed by atoms with Gasteiger partial charge in [0.25, 0.3) is 0 Å². The van der Waals surface area contributed by atoms with Crippen LogP contribution >= 0.6 is 0 Å². The lowest BCUT2D eigenvalue weighted by atomic mass is 10.2. The SMILES string of the molecule is CCc1c(N)ncnc1-n1ccnc1CC. The molecule has 0 radical (unpaired) electrons. The number of rotatable bonds is 3. The quantitative estimate of drug-likeness (QED) is 0.843. The van der Waals surface area contributed by atoms with E-state index in [-0.39, 0.29) is 0 Å². The van der Waals surface area contributed by atoms with Gasteiger partial charge >= 0.3 is 0 Å². The molecule has 2 aromatic heterocycles. The van der Waals surface area contributed by atoms with Gasteiger partial charge in [-0.1, -0.05) is 13.8 Å². The zero-order valence-corrected chi connectivity index (χ0v) is 9.51. The van der Waals surface area contributed by atoms with Crippen LogP contribution in [0.3, 0.4) is 0 Å². The van der Waals surface area contributed by atoms with Crippen LogP contribution in [0.1, 0.15) is 25.2 Å². The second-order valence-electron chi connectivity index (χ2n) is 3.48. The minimum Gasteiger partial charge on any atom is -0.383 e. The lowest BCUT2D eigenvalue weighted by Gasteiger charge is -2.11. The van der Waals surface area contributed by atoms with Gasteiger partial charge in [0.1, 0.15) is 23.8 Å². The molecule has 2 N–H and O–H groups in total. The van der Waals surface area contributed by atoms with Crippen LogP contribution in [-0.2, 0) is 12.8 Å². The predicted molar refractivity (Wildman–Crippen MR) is 62.3 cm³/mol. The molecule has 2 heterocycles. The first-order chi connectivity index (χ1) is 7.77. The summed E-state index contributed by atoms with van der Waals surface area (Å²) in [5, 5.41) is 0. The van der Waals surface area contributed by atoms with E-state index in [1.807, 2.05) is 17.7 Å². The lowest BCUT2D eigenvalue weighted by molar-refractivity contribution is 0.844. The number of nitrogen functional groups attached to an aromatic ring is 1. The Balaban J connectivity index is 2.60. The molecule has 5 heteroatoms. The molecule has 16 heavy (non-hydrogen) atoms. The van der Waals surface area contributed by atoms with E-state index in [2.05, 4.69) is 21.9 Å². The fraction of sp³-hybridized carbons (Fsp3) is 0.364. The number of imidazole rings is 1. The fourth-order valence-electron chi connectivity index (χ4n) is 1.75. The third-order valence-electron chi connectivity index (χ3n) is 2.57. The summed E-state index contributed by atoms with van der Waals surface area (Å²) < 4.78 is 1.97. The van der Waals surface area contributed by atoms with Crippen LogP contribution in [0.2, 0.25) is 0 Å². The first-order valence-corrected chi connectivity index (χ1v) is 5.39. The molecule has 0 amide bonds. The van der Waals surface area contributed by atoms with Crippen molar-refractivity contribution in [1.82, 2.24) is 19.5 Å². The van der Waals surface area contributed by atoms with E-state index in [0.717, 1.165) is 30.0 Å². The first kappa shape index (κ1) is 10.6. The minimum absolute atomic E-state index is 0.545. The van der Waals surface area contributed by atoms with Crippen LogP contribution in [0, 0.1) is 0 Å². The summed E-state index contributed by atoms with van der Waals surface area (Å²) in [7, 11) is 0. The molecule has 2 aromatic rings. The van der Waals surface area contributed by atoms with Crippen molar-refractivity contribution < 1.29 is 0 Å². The lowest BCUT2D eigenvalue weighted by Crippen LogP contribution is -2.09. The maximum Gasteiger partial charge on any atom is 0.146 e. The summed E-state index contributed by atoms with van der Waals surface area (Å²) in [6.07, 6.45) is 6.84. The highest BCUT2D eigenvalue weighted by atomic mass is 15.1. The summed E-state index contributed by atoms with van der Waals surface area (Å²) in [4.78, 5) is 12.6. The molecular formula is C11H15N5. The first-order valence-electron chi connectivity index (χ1n) is 5.39. The molecule has 0 aliphatic heterocycles. The monoisotopic (exact) mass is 217 g/mol. The van der Waals surface area contributed by atoms with Gasteiger partial charge in [0.2, 0.25) is 0 Å². The second kappa shape index (κ2) is 4.30. The fourth-order valence-corrected chi connectivity index (χ4v) is 1.75. The van der Waals surface area contributed by atoms with Gasteiger partial charge in [-0.3, -0.25) is 4.57 Å². The Hall–Kier alpha value is -1.91. The summed E-state index contributed by atoms with van der Waals surface area (Å²) in [6.45, 7) is 4.11. The summed E-state index contributed by atoms with van der Waals surface area (Å²) in [5.74, 6) is 2.36. The Morgan fingerprint density at radius 2 is 2.00 bits per heavy atom. The van der Waals surface area contributed by atoms with Crippen LogP contribution < -0.4 is 5.73 Å². The molecule has 0 saturated heterocycles. The zero-order chi connectivity index (χ0) is 11.5. The standard InChI is InChI=1S/C11H15N5/c1-3-8-10(12)14-7-15-11(8)16-6-5-13-9(16)4-2/h5-7H,3-4H2,1-2H3,(H2,12,14,15). The van der Waals surface area contributed by atoms with Gasteiger partial charge in [0, 0.05) is 24.4 Å². The molecule has 0 bridgehead atoms. The molecule has 2 rings (SSSR count). The number of hydrogen-bond donors (Lipinski definition) is 1. The molecule has 0 atom stereocenters. The molecule has 0 saturated carbocycles. The Morgan fingerprint density at radius 1 is 1.19 bits per heavy atom. The molecule has 0 fully saturated rings. The van der Waals surface area contributed by atoms with E-state index < -0.39 is 0 Å². The number of anilines is 1. The van der Waals surface area contributed by atoms with Gasteiger partial charge in [0.15, 0.2) is 0 Å². The summed E-state index contributed by atoms with van der Waals surface area (Å²) in [6, 6.07) is 0. The van der Waals surface area contributed by atoms with E-state index in [4.69, 9.17) is 5.73 Å². The molecule has 84 valence electrons. The van der Waals surface area contributed by atoms with Gasteiger partial charge in [-0.2, -0.15) is 0 Å². The Morgan fingerprint density at radius 3 is 2.69 bits per heavy atom. The van der Waals surface area contributed by atoms with Gasteiger partial charge in [-0.25, -0.2) is 15.0 Å². The molecule has 0 aromatic carbocycles. The maximum atomic E-state index is 5.84. The van der Waals surface area contributed by atoms with E-state index >= 15 is 0 Å². The van der Waals surface area contributed by atoms with Crippen molar-refractivity contribution in [3.05, 3.63) is 30.1 Å². The summed E-state index contributed by atoms with van der Waals surface area (Å²) in [5.41, 5.74) is 6.81. The van der Waals surface area contributed by atoms with Crippen LogP contribution in [0.4, 0.5) is 5.82 Å². The van der Waals surface area contributed by atoms with Gasteiger partial charge < -0.3 is 5.73 Å². The predicted octanol–water partition coefficient (Wildman–Crippen LogP) is 1.37. The number of nitrogens with zero attached hydrogens (tertiary/aromatic N) is 4. The molecule has 0 aliphatic carbocycles. The molecule has 0 spiro atoms. The highest BCUT2D eigenvalue weighted by Gasteiger charge is 2.11. The highest BCUT2D eigenvalue weighted by molar-refractivity contribution is 5.48. The van der Waals surface area contributed by atoms with Crippen molar-refractivity contribution in [2.24, 2.45) is 0 Å². The minimum atomic E-state index is 0.545. The van der Waals surface area contributed by atoms with Gasteiger partial charge in [-0.15, -0.1) is 0 Å². The van der Waals surface area contributed by atoms with Crippen molar-refractivity contribution in [2.45, 2.75) is 26.7 Å². The van der Waals surface area contributed by atoms with Crippen LogP contribution in [0.15, 0.2) is 18.7 Å². The van der Waals surface area contributed by atoms with Crippen molar-refractivity contribution in [1.29, 1.82) is 0 Å². The van der Waals surface area contributed by atoms with E-state index in [0.29, 0.717) is 5.82 Å². The second-order valence-corrected chi connectivity index (χ2v) is 3.48. The average Bonchev–Trinajstić information content (AvgIpc) is 2.76. The topological polar surface area (TPSA) is 69.6 Å². The zero-order valence-electron chi connectivity index (χ0n) is 9.51. The number of nitrogens with two attached hydrogens (primary N) is 1. The van der Waals surface area contributed by atoms with Gasteiger partial charge in [-0.05, 0) is 6.42 Å². The Kier molecular flexibility index (Phi) is 2.85. The molecule has 0 aliphatic rings. The van der Waals surface area contributed by atoms with Gasteiger partial charge in [0.05, 0.1) is 0 Å². The molecular weight excluding hydrogens is 202 g/mol. The number of aromatic nitrogens is 4. The van der Waals surface area contributed by atoms with Crippen molar-refractivity contribution in [3.8, 4) is 5.82 Å². The van der Waals surface area contributed by atoms with Crippen molar-refractivity contribution in [3.63, 3.8) is 0 Å². The summed E-state index contributed by atoms with van der Waals surface area (Å²) >= 11 is 0. The van der Waals surface area contributed by atoms with E-state index in [1.165, 1.54) is 6.33 Å². The Bertz CT molecular complexity index is 489. The van der Waals surface area contributed by atoms with Crippen LogP contribution in [0.5, 0.6) is 0 Å². The Labute approximate surface area is 94.4 Å². The van der Waals surface area contributed by atoms with E-state index in [9.17, 15) is 0 Å². The number of aryl methyl sites for hydroxylation is 1. The largest absolute Gasteiger partial charge is 0.383 e. The average molecular weight is 217 g/mol. The van der Waals surface area contributed by atoms with Crippen LogP contribution in [-0.4, -0.2) is 19.5 Å². The third-order valence-corrected chi connectivity index (χ3v) is 2.57. The maximum absolute atomic E-state index is 5.84. The van der Waals surface area contributed by atoms with Crippen molar-refractivity contribution >= 4 is 5.82 Å². The smallest absolute Gasteiger partial charge is 0.146 e. The molecule has 0 unspecified atom stereocenters. The normalized spacial score (nSPS) is 10.6. The molecule has 5 nitrogen and oxygen atoms in total. The third kappa shape index (κ3) is 1.64. The number of hydrogen-bond acceptors (Lipinski definition) is 4. The van der Waals surface area contributed by atoms with E-state index in [1.54, 1.807) is 6.20 Å². The van der Waals surface area contributed by atoms with Crippen molar-refractivity contribution in [2.75, 3.05) is 5.73 Å².